The highest BCUT2D eigenvalue weighted by Crippen LogP contribution is 2.32. The zero-order valence-corrected chi connectivity index (χ0v) is 14.8. The topological polar surface area (TPSA) is 58.4 Å². The Balaban J connectivity index is 1.79. The van der Waals surface area contributed by atoms with Crippen LogP contribution in [0.5, 0.6) is 0 Å². The fourth-order valence-electron chi connectivity index (χ4n) is 2.79. The molecule has 0 spiro atoms. The predicted octanol–water partition coefficient (Wildman–Crippen LogP) is 3.61. The molecule has 0 unspecified atom stereocenters. The average molecular weight is 325 g/mol. The fraction of sp³-hybridized carbons (Fsp3) is 0.750. The molecule has 5 nitrogen and oxygen atoms in total. The van der Waals surface area contributed by atoms with Gasteiger partial charge in [0.05, 0.1) is 12.2 Å². The molecule has 1 N–H and O–H groups in total. The Bertz CT molecular complexity index is 489. The molecule has 2 amide bonds. The first-order valence-electron chi connectivity index (χ1n) is 8.09. The van der Waals surface area contributed by atoms with Crippen molar-refractivity contribution < 1.29 is 9.32 Å². The lowest BCUT2D eigenvalue weighted by Crippen LogP contribution is -2.42. The Hall–Kier alpha value is -1.17. The van der Waals surface area contributed by atoms with E-state index in [1.54, 1.807) is 0 Å². The molecule has 1 fully saturated rings. The van der Waals surface area contributed by atoms with Gasteiger partial charge in [0.1, 0.15) is 0 Å². The number of carbonyl (C=O) groups excluding carboxylic acids is 1. The summed E-state index contributed by atoms with van der Waals surface area (Å²) in [7, 11) is 1.89. The maximum absolute atomic E-state index is 12.3. The minimum Gasteiger partial charge on any atom is -0.359 e. The molecule has 1 heterocycles. The van der Waals surface area contributed by atoms with Gasteiger partial charge in [0.2, 0.25) is 0 Å². The van der Waals surface area contributed by atoms with Crippen LogP contribution in [-0.2, 0) is 6.54 Å². The largest absolute Gasteiger partial charge is 0.359 e. The molecule has 124 valence electrons. The normalized spacial score (nSPS) is 21.3. The van der Waals surface area contributed by atoms with E-state index in [0.29, 0.717) is 29.5 Å². The third-order valence-corrected chi connectivity index (χ3v) is 5.44. The van der Waals surface area contributed by atoms with Gasteiger partial charge in [0, 0.05) is 24.4 Å². The summed E-state index contributed by atoms with van der Waals surface area (Å²) in [6.45, 7) is 6.72. The predicted molar refractivity (Wildman–Crippen MR) is 90.1 cm³/mol. The maximum Gasteiger partial charge on any atom is 0.317 e. The fourth-order valence-corrected chi connectivity index (χ4v) is 3.93. The standard InChI is InChI=1S/C16H27N3O2S/c1-5-22-14-7-6-12(8-14)19(4)16(20)17-10-13-9-15(11(2)3)18-21-13/h9,11-12,14H,5-8,10H2,1-4H3,(H,17,20)/t12-,14+/m1/s1. The van der Waals surface area contributed by atoms with E-state index in [9.17, 15) is 4.79 Å². The van der Waals surface area contributed by atoms with E-state index in [4.69, 9.17) is 4.52 Å². The second-order valence-corrected chi connectivity index (χ2v) is 7.76. The van der Waals surface area contributed by atoms with Gasteiger partial charge in [-0.05, 0) is 30.9 Å². The van der Waals surface area contributed by atoms with Crippen LogP contribution in [0.2, 0.25) is 0 Å². The third kappa shape index (κ3) is 4.41. The average Bonchev–Trinajstić information content (AvgIpc) is 3.13. The lowest BCUT2D eigenvalue weighted by Gasteiger charge is -2.24. The highest BCUT2D eigenvalue weighted by molar-refractivity contribution is 7.99. The van der Waals surface area contributed by atoms with Crippen molar-refractivity contribution in [3.63, 3.8) is 0 Å². The Morgan fingerprint density at radius 3 is 2.95 bits per heavy atom. The second kappa shape index (κ2) is 7.90. The van der Waals surface area contributed by atoms with Crippen molar-refractivity contribution >= 4 is 17.8 Å². The zero-order chi connectivity index (χ0) is 16.1. The van der Waals surface area contributed by atoms with Gasteiger partial charge in [-0.2, -0.15) is 11.8 Å². The second-order valence-electron chi connectivity index (χ2n) is 6.19. The number of urea groups is 1. The Morgan fingerprint density at radius 1 is 1.55 bits per heavy atom. The van der Waals surface area contributed by atoms with Gasteiger partial charge in [-0.25, -0.2) is 4.79 Å². The molecular weight excluding hydrogens is 298 g/mol. The highest BCUT2D eigenvalue weighted by atomic mass is 32.2. The summed E-state index contributed by atoms with van der Waals surface area (Å²) >= 11 is 2.01. The first-order valence-corrected chi connectivity index (χ1v) is 9.13. The highest BCUT2D eigenvalue weighted by Gasteiger charge is 2.29. The number of rotatable bonds is 6. The number of nitrogens with zero attached hydrogens (tertiary/aromatic N) is 2. The number of hydrogen-bond acceptors (Lipinski definition) is 4. The van der Waals surface area contributed by atoms with Crippen molar-refractivity contribution in [1.82, 2.24) is 15.4 Å². The molecule has 0 saturated heterocycles. The summed E-state index contributed by atoms with van der Waals surface area (Å²) in [6, 6.07) is 2.23. The van der Waals surface area contributed by atoms with Gasteiger partial charge >= 0.3 is 6.03 Å². The molecular formula is C16H27N3O2S. The first kappa shape index (κ1) is 17.2. The summed E-state index contributed by atoms with van der Waals surface area (Å²) in [5, 5.41) is 7.63. The maximum atomic E-state index is 12.3. The van der Waals surface area contributed by atoms with Crippen molar-refractivity contribution in [3.05, 3.63) is 17.5 Å². The molecule has 1 aliphatic rings. The van der Waals surface area contributed by atoms with Crippen LogP contribution in [0.25, 0.3) is 0 Å². The molecule has 0 aliphatic heterocycles. The van der Waals surface area contributed by atoms with E-state index in [2.05, 4.69) is 31.2 Å². The number of amides is 2. The molecule has 1 aromatic rings. The van der Waals surface area contributed by atoms with Gasteiger partial charge in [0.25, 0.3) is 0 Å². The Labute approximate surface area is 137 Å². The van der Waals surface area contributed by atoms with Crippen LogP contribution < -0.4 is 5.32 Å². The number of carbonyl (C=O) groups is 1. The van der Waals surface area contributed by atoms with Crippen molar-refractivity contribution in [2.75, 3.05) is 12.8 Å². The summed E-state index contributed by atoms with van der Waals surface area (Å²) < 4.78 is 5.24. The number of aromatic nitrogens is 1. The van der Waals surface area contributed by atoms with Gasteiger partial charge < -0.3 is 14.7 Å². The van der Waals surface area contributed by atoms with Crippen LogP contribution in [0.1, 0.15) is 57.4 Å². The van der Waals surface area contributed by atoms with Crippen LogP contribution in [0.15, 0.2) is 10.6 Å². The summed E-state index contributed by atoms with van der Waals surface area (Å²) in [5.41, 5.74) is 0.924. The molecule has 0 radical (unpaired) electrons. The lowest BCUT2D eigenvalue weighted by molar-refractivity contribution is 0.189. The van der Waals surface area contributed by atoms with Crippen LogP contribution in [0.3, 0.4) is 0 Å². The zero-order valence-electron chi connectivity index (χ0n) is 14.0. The van der Waals surface area contributed by atoms with Gasteiger partial charge in [-0.15, -0.1) is 0 Å². The molecule has 2 rings (SSSR count). The number of hydrogen-bond donors (Lipinski definition) is 1. The van der Waals surface area contributed by atoms with Gasteiger partial charge in [0.15, 0.2) is 5.76 Å². The Morgan fingerprint density at radius 2 is 2.32 bits per heavy atom. The van der Waals surface area contributed by atoms with E-state index in [1.165, 1.54) is 6.42 Å². The number of thioether (sulfide) groups is 1. The SMILES string of the molecule is CCS[C@H]1CC[C@@H](N(C)C(=O)NCc2cc(C(C)C)no2)C1. The number of nitrogens with one attached hydrogen (secondary N) is 1. The Kier molecular flexibility index (Phi) is 6.17. The van der Waals surface area contributed by atoms with Crippen LogP contribution in [0.4, 0.5) is 4.79 Å². The van der Waals surface area contributed by atoms with E-state index < -0.39 is 0 Å². The van der Waals surface area contributed by atoms with Crippen molar-refractivity contribution in [3.8, 4) is 0 Å². The molecule has 2 atom stereocenters. The lowest BCUT2D eigenvalue weighted by atomic mass is 10.1. The summed E-state index contributed by atoms with van der Waals surface area (Å²) in [5.74, 6) is 2.19. The van der Waals surface area contributed by atoms with E-state index >= 15 is 0 Å². The van der Waals surface area contributed by atoms with Crippen molar-refractivity contribution in [2.24, 2.45) is 0 Å². The molecule has 0 aromatic carbocycles. The van der Waals surface area contributed by atoms with Crippen molar-refractivity contribution in [1.29, 1.82) is 0 Å². The van der Waals surface area contributed by atoms with E-state index in [0.717, 1.165) is 24.3 Å². The summed E-state index contributed by atoms with van der Waals surface area (Å²) in [6.07, 6.45) is 3.41. The van der Waals surface area contributed by atoms with Crippen molar-refractivity contribution in [2.45, 2.75) is 63.8 Å². The monoisotopic (exact) mass is 325 g/mol. The molecule has 1 saturated carbocycles. The van der Waals surface area contributed by atoms with Crippen LogP contribution >= 0.6 is 11.8 Å². The molecule has 6 heteroatoms. The van der Waals surface area contributed by atoms with Crippen LogP contribution in [0, 0.1) is 0 Å². The third-order valence-electron chi connectivity index (χ3n) is 4.21. The van der Waals surface area contributed by atoms with Gasteiger partial charge in [-0.3, -0.25) is 0 Å². The molecule has 0 bridgehead atoms. The molecule has 1 aromatic heterocycles. The van der Waals surface area contributed by atoms with Crippen LogP contribution in [-0.4, -0.2) is 40.2 Å². The quantitative estimate of drug-likeness (QED) is 0.868. The minimum absolute atomic E-state index is 0.0327. The molecule has 22 heavy (non-hydrogen) atoms. The smallest absolute Gasteiger partial charge is 0.317 e. The molecule has 1 aliphatic carbocycles. The minimum atomic E-state index is -0.0327. The van der Waals surface area contributed by atoms with E-state index in [-0.39, 0.29) is 6.03 Å². The van der Waals surface area contributed by atoms with Gasteiger partial charge in [-0.1, -0.05) is 25.9 Å². The van der Waals surface area contributed by atoms with E-state index in [1.807, 2.05) is 29.8 Å². The summed E-state index contributed by atoms with van der Waals surface area (Å²) in [4.78, 5) is 14.1. The first-order chi connectivity index (χ1) is 10.5.